The van der Waals surface area contributed by atoms with Gasteiger partial charge >= 0.3 is 0 Å². The quantitative estimate of drug-likeness (QED) is 0.647. The van der Waals surface area contributed by atoms with E-state index >= 15 is 0 Å². The first-order chi connectivity index (χ1) is 8.29. The minimum atomic E-state index is 0.718. The Hall–Kier alpha value is -1.52. The van der Waals surface area contributed by atoms with Crippen molar-refractivity contribution in [2.24, 2.45) is 0 Å². The summed E-state index contributed by atoms with van der Waals surface area (Å²) in [6, 6.07) is 8.26. The number of aromatic nitrogens is 1. The molecule has 0 saturated carbocycles. The Morgan fingerprint density at radius 3 is 2.88 bits per heavy atom. The highest BCUT2D eigenvalue weighted by molar-refractivity contribution is 7.19. The number of rotatable bonds is 2. The molecule has 3 rings (SSSR count). The third kappa shape index (κ3) is 1.69. The molecule has 17 heavy (non-hydrogen) atoms. The summed E-state index contributed by atoms with van der Waals surface area (Å²) >= 11 is 3.17. The van der Waals surface area contributed by atoms with Crippen molar-refractivity contribution >= 4 is 39.0 Å². The molecule has 0 N–H and O–H groups in total. The second kappa shape index (κ2) is 4.05. The Balaban J connectivity index is 2.23. The fourth-order valence-corrected chi connectivity index (χ4v) is 3.71. The molecular formula is C13H9NOS2. The molecule has 2 aromatic heterocycles. The molecule has 0 atom stereocenters. The van der Waals surface area contributed by atoms with Gasteiger partial charge in [0.25, 0.3) is 0 Å². The highest BCUT2D eigenvalue weighted by Crippen LogP contribution is 2.36. The Labute approximate surface area is 107 Å². The molecule has 0 spiro atoms. The van der Waals surface area contributed by atoms with Crippen molar-refractivity contribution in [3.05, 3.63) is 40.2 Å². The van der Waals surface area contributed by atoms with Crippen molar-refractivity contribution < 1.29 is 4.79 Å². The molecule has 0 amide bonds. The molecule has 0 radical (unpaired) electrons. The molecule has 1 aromatic carbocycles. The van der Waals surface area contributed by atoms with E-state index in [9.17, 15) is 4.79 Å². The smallest absolute Gasteiger partial charge is 0.161 e. The van der Waals surface area contributed by atoms with Crippen molar-refractivity contribution in [1.29, 1.82) is 0 Å². The minimum Gasteiger partial charge on any atom is -0.297 e. The molecule has 0 saturated heterocycles. The molecule has 84 valence electrons. The molecule has 2 heterocycles. The number of carbonyl (C=O) groups is 1. The van der Waals surface area contributed by atoms with Gasteiger partial charge in [-0.2, -0.15) is 0 Å². The fraction of sp³-hybridized carbons (Fsp3) is 0.0769. The SMILES string of the molecule is Cc1nc(-c2csc3ccccc23)sc1C=O. The summed E-state index contributed by atoms with van der Waals surface area (Å²) in [7, 11) is 0. The zero-order valence-electron chi connectivity index (χ0n) is 9.14. The third-order valence-electron chi connectivity index (χ3n) is 2.65. The summed E-state index contributed by atoms with van der Waals surface area (Å²) < 4.78 is 1.25. The first kappa shape index (κ1) is 10.6. The van der Waals surface area contributed by atoms with Gasteiger partial charge in [-0.25, -0.2) is 4.98 Å². The monoisotopic (exact) mass is 259 g/mol. The topological polar surface area (TPSA) is 30.0 Å². The number of aryl methyl sites for hydroxylation is 1. The molecule has 0 aliphatic heterocycles. The van der Waals surface area contributed by atoms with Gasteiger partial charge in [-0.15, -0.1) is 22.7 Å². The Morgan fingerprint density at radius 2 is 2.12 bits per heavy atom. The summed E-state index contributed by atoms with van der Waals surface area (Å²) in [5, 5.41) is 4.25. The average molecular weight is 259 g/mol. The number of hydrogen-bond donors (Lipinski definition) is 0. The molecule has 2 nitrogen and oxygen atoms in total. The van der Waals surface area contributed by atoms with Crippen LogP contribution in [0.2, 0.25) is 0 Å². The van der Waals surface area contributed by atoms with Crippen molar-refractivity contribution in [1.82, 2.24) is 4.98 Å². The Bertz CT molecular complexity index is 696. The van der Waals surface area contributed by atoms with Crippen LogP contribution in [0.5, 0.6) is 0 Å². The van der Waals surface area contributed by atoms with Crippen LogP contribution >= 0.6 is 22.7 Å². The van der Waals surface area contributed by atoms with Crippen molar-refractivity contribution in [2.75, 3.05) is 0 Å². The first-order valence-corrected chi connectivity index (χ1v) is 6.88. The van der Waals surface area contributed by atoms with E-state index in [1.165, 1.54) is 21.4 Å². The summed E-state index contributed by atoms with van der Waals surface area (Å²) in [6.45, 7) is 1.87. The van der Waals surface area contributed by atoms with Crippen molar-refractivity contribution in [3.63, 3.8) is 0 Å². The van der Waals surface area contributed by atoms with Crippen LogP contribution in [0.3, 0.4) is 0 Å². The summed E-state index contributed by atoms with van der Waals surface area (Å²) in [6.07, 6.45) is 0.880. The second-order valence-corrected chi connectivity index (χ2v) is 5.67. The highest BCUT2D eigenvalue weighted by Gasteiger charge is 2.12. The van der Waals surface area contributed by atoms with Gasteiger partial charge in [0.2, 0.25) is 0 Å². The molecular weight excluding hydrogens is 250 g/mol. The predicted molar refractivity (Wildman–Crippen MR) is 73.1 cm³/mol. The molecule has 3 aromatic rings. The Morgan fingerprint density at radius 1 is 1.29 bits per heavy atom. The van der Waals surface area contributed by atoms with E-state index in [0.717, 1.165) is 27.4 Å². The lowest BCUT2D eigenvalue weighted by molar-refractivity contribution is 0.112. The van der Waals surface area contributed by atoms with Crippen LogP contribution in [0.4, 0.5) is 0 Å². The number of aldehydes is 1. The van der Waals surface area contributed by atoms with Crippen LogP contribution in [-0.2, 0) is 0 Å². The van der Waals surface area contributed by atoms with Gasteiger partial charge in [0.15, 0.2) is 6.29 Å². The molecule has 0 fully saturated rings. The van der Waals surface area contributed by atoms with E-state index in [1.54, 1.807) is 11.3 Å². The van der Waals surface area contributed by atoms with Crippen LogP contribution < -0.4 is 0 Å². The van der Waals surface area contributed by atoms with Crippen LogP contribution in [0.1, 0.15) is 15.4 Å². The summed E-state index contributed by atoms with van der Waals surface area (Å²) in [5.74, 6) is 0. The third-order valence-corrected chi connectivity index (χ3v) is 4.73. The average Bonchev–Trinajstić information content (AvgIpc) is 2.92. The molecule has 0 aliphatic rings. The van der Waals surface area contributed by atoms with Crippen LogP contribution in [0.15, 0.2) is 29.6 Å². The first-order valence-electron chi connectivity index (χ1n) is 5.19. The van der Waals surface area contributed by atoms with E-state index in [4.69, 9.17) is 0 Å². The predicted octanol–water partition coefficient (Wildman–Crippen LogP) is 4.15. The van der Waals surface area contributed by atoms with E-state index < -0.39 is 0 Å². The zero-order chi connectivity index (χ0) is 11.8. The van der Waals surface area contributed by atoms with E-state index in [1.807, 2.05) is 19.1 Å². The van der Waals surface area contributed by atoms with Gasteiger partial charge in [-0.1, -0.05) is 18.2 Å². The number of thiazole rings is 1. The van der Waals surface area contributed by atoms with Gasteiger partial charge in [0.1, 0.15) is 5.01 Å². The standard InChI is InChI=1S/C13H9NOS2/c1-8-12(6-15)17-13(14-8)10-7-16-11-5-3-2-4-9(10)11/h2-7H,1H3. The van der Waals surface area contributed by atoms with E-state index in [-0.39, 0.29) is 0 Å². The van der Waals surface area contributed by atoms with Crippen LogP contribution in [0.25, 0.3) is 20.7 Å². The Kier molecular flexibility index (Phi) is 2.53. The number of benzene rings is 1. The number of carbonyl (C=O) groups excluding carboxylic acids is 1. The summed E-state index contributed by atoms with van der Waals surface area (Å²) in [5.41, 5.74) is 1.95. The van der Waals surface area contributed by atoms with E-state index in [2.05, 4.69) is 22.5 Å². The van der Waals surface area contributed by atoms with Gasteiger partial charge < -0.3 is 0 Å². The zero-order valence-corrected chi connectivity index (χ0v) is 10.8. The van der Waals surface area contributed by atoms with Crippen molar-refractivity contribution in [3.8, 4) is 10.6 Å². The van der Waals surface area contributed by atoms with Gasteiger partial charge in [0, 0.05) is 21.0 Å². The van der Waals surface area contributed by atoms with E-state index in [0.29, 0.717) is 0 Å². The second-order valence-electron chi connectivity index (χ2n) is 3.73. The lowest BCUT2D eigenvalue weighted by atomic mass is 10.2. The lowest BCUT2D eigenvalue weighted by Gasteiger charge is -1.92. The van der Waals surface area contributed by atoms with Gasteiger partial charge in [-0.3, -0.25) is 4.79 Å². The maximum absolute atomic E-state index is 10.8. The lowest BCUT2D eigenvalue weighted by Crippen LogP contribution is -1.77. The minimum absolute atomic E-state index is 0.718. The number of hydrogen-bond acceptors (Lipinski definition) is 4. The molecule has 0 aliphatic carbocycles. The molecule has 4 heteroatoms. The van der Waals surface area contributed by atoms with Crippen LogP contribution in [0, 0.1) is 6.92 Å². The number of nitrogens with zero attached hydrogens (tertiary/aromatic N) is 1. The highest BCUT2D eigenvalue weighted by atomic mass is 32.1. The number of thiophene rings is 1. The fourth-order valence-electron chi connectivity index (χ4n) is 1.78. The summed E-state index contributed by atoms with van der Waals surface area (Å²) in [4.78, 5) is 16.0. The normalized spacial score (nSPS) is 10.9. The molecule has 0 bridgehead atoms. The van der Waals surface area contributed by atoms with Gasteiger partial charge in [0.05, 0.1) is 10.6 Å². The van der Waals surface area contributed by atoms with Gasteiger partial charge in [-0.05, 0) is 13.0 Å². The van der Waals surface area contributed by atoms with Crippen molar-refractivity contribution in [2.45, 2.75) is 6.92 Å². The number of fused-ring (bicyclic) bond motifs is 1. The largest absolute Gasteiger partial charge is 0.297 e. The maximum atomic E-state index is 10.8. The maximum Gasteiger partial charge on any atom is 0.161 e. The van der Waals surface area contributed by atoms with Crippen LogP contribution in [-0.4, -0.2) is 11.3 Å². The molecule has 0 unspecified atom stereocenters.